The smallest absolute Gasteiger partial charge is 0.336 e. The summed E-state index contributed by atoms with van der Waals surface area (Å²) in [6.45, 7) is 6.00. The summed E-state index contributed by atoms with van der Waals surface area (Å²) in [4.78, 5) is 24.0. The third kappa shape index (κ3) is 4.52. The maximum atomic E-state index is 12.3. The van der Waals surface area contributed by atoms with Gasteiger partial charge in [0.25, 0.3) is 0 Å². The molecule has 2 aromatic rings. The number of ether oxygens (including phenoxy) is 2. The average molecular weight is 372 g/mol. The average Bonchev–Trinajstić information content (AvgIpc) is 2.62. The highest BCUT2D eigenvalue weighted by Gasteiger charge is 2.40. The second-order valence-electron chi connectivity index (χ2n) is 7.77. The fourth-order valence-corrected chi connectivity index (χ4v) is 3.52. The van der Waals surface area contributed by atoms with Gasteiger partial charge in [-0.25, -0.2) is 4.79 Å². The fraction of sp³-hybridized carbons (Fsp3) is 0.545. The number of esters is 1. The number of rotatable bonds is 7. The Morgan fingerprint density at radius 3 is 2.67 bits per heavy atom. The minimum atomic E-state index is -0.645. The quantitative estimate of drug-likeness (QED) is 0.398. The lowest BCUT2D eigenvalue weighted by Crippen LogP contribution is -2.48. The monoisotopic (exact) mass is 372 g/mol. The number of fused-ring (bicyclic) bond motifs is 3. The first-order valence-electron chi connectivity index (χ1n) is 9.85. The van der Waals surface area contributed by atoms with Crippen molar-refractivity contribution in [1.82, 2.24) is 0 Å². The summed E-state index contributed by atoms with van der Waals surface area (Å²) < 4.78 is 17.3. The van der Waals surface area contributed by atoms with E-state index in [9.17, 15) is 9.59 Å². The highest BCUT2D eigenvalue weighted by atomic mass is 16.6. The van der Waals surface area contributed by atoms with Crippen molar-refractivity contribution in [3.05, 3.63) is 40.2 Å². The zero-order valence-electron chi connectivity index (χ0n) is 16.4. The van der Waals surface area contributed by atoms with E-state index in [-0.39, 0.29) is 5.97 Å². The number of hydrogen-bond acceptors (Lipinski definition) is 5. The summed E-state index contributed by atoms with van der Waals surface area (Å²) in [5.41, 5.74) is 0.246. The van der Waals surface area contributed by atoms with Crippen LogP contribution in [-0.2, 0) is 16.0 Å². The highest BCUT2D eigenvalue weighted by Crippen LogP contribution is 2.38. The zero-order valence-corrected chi connectivity index (χ0v) is 16.4. The highest BCUT2D eigenvalue weighted by molar-refractivity contribution is 5.82. The van der Waals surface area contributed by atoms with E-state index in [2.05, 4.69) is 6.92 Å². The molecule has 3 rings (SSSR count). The molecule has 0 N–H and O–H groups in total. The van der Waals surface area contributed by atoms with Crippen LogP contribution in [0.5, 0.6) is 5.75 Å². The zero-order chi connectivity index (χ0) is 19.4. The van der Waals surface area contributed by atoms with Gasteiger partial charge in [0.2, 0.25) is 0 Å². The summed E-state index contributed by atoms with van der Waals surface area (Å²) in [7, 11) is 0. The molecule has 146 valence electrons. The lowest BCUT2D eigenvalue weighted by atomic mass is 9.90. The standard InChI is InChI=1S/C22H28O5/c1-4-5-6-7-8-9-19(23)25-18-14-16-17(27-22(18,2)3)12-10-15-11-13-20(24)26-21(15)16/h10-13,18H,4-9,14H2,1-3H3/t18-/m1/s1. The molecule has 1 aromatic heterocycles. The lowest BCUT2D eigenvalue weighted by Gasteiger charge is -2.39. The van der Waals surface area contributed by atoms with Gasteiger partial charge >= 0.3 is 11.6 Å². The van der Waals surface area contributed by atoms with Gasteiger partial charge in [-0.1, -0.05) is 32.6 Å². The van der Waals surface area contributed by atoms with Crippen LogP contribution in [-0.4, -0.2) is 17.7 Å². The Balaban J connectivity index is 1.74. The van der Waals surface area contributed by atoms with Crippen LogP contribution >= 0.6 is 0 Å². The molecule has 0 radical (unpaired) electrons. The largest absolute Gasteiger partial charge is 0.484 e. The van der Waals surface area contributed by atoms with Gasteiger partial charge in [0, 0.05) is 29.9 Å². The number of unbranched alkanes of at least 4 members (excludes halogenated alkanes) is 4. The predicted molar refractivity (Wildman–Crippen MR) is 104 cm³/mol. The molecule has 1 aromatic carbocycles. The van der Waals surface area contributed by atoms with E-state index in [0.29, 0.717) is 24.2 Å². The lowest BCUT2D eigenvalue weighted by molar-refractivity contribution is -0.161. The minimum Gasteiger partial charge on any atom is -0.484 e. The van der Waals surface area contributed by atoms with Crippen molar-refractivity contribution >= 4 is 16.9 Å². The molecule has 0 aliphatic carbocycles. The van der Waals surface area contributed by atoms with Crippen LogP contribution in [0.3, 0.4) is 0 Å². The normalized spacial score (nSPS) is 18.0. The van der Waals surface area contributed by atoms with Crippen LogP contribution in [0.25, 0.3) is 11.0 Å². The Bertz CT molecular complexity index is 865. The van der Waals surface area contributed by atoms with Crippen molar-refractivity contribution in [2.45, 2.75) is 77.4 Å². The van der Waals surface area contributed by atoms with Crippen molar-refractivity contribution in [2.75, 3.05) is 0 Å². The van der Waals surface area contributed by atoms with E-state index in [4.69, 9.17) is 13.9 Å². The Morgan fingerprint density at radius 1 is 1.15 bits per heavy atom. The predicted octanol–water partition coefficient (Wildman–Crippen LogP) is 4.78. The van der Waals surface area contributed by atoms with E-state index in [1.54, 1.807) is 6.07 Å². The molecule has 0 unspecified atom stereocenters. The van der Waals surface area contributed by atoms with Crippen molar-refractivity contribution in [3.8, 4) is 5.75 Å². The Labute approximate surface area is 159 Å². The van der Waals surface area contributed by atoms with Gasteiger partial charge in [-0.05, 0) is 38.5 Å². The first kappa shape index (κ1) is 19.5. The van der Waals surface area contributed by atoms with E-state index in [0.717, 1.165) is 30.2 Å². The Hall–Kier alpha value is -2.30. The molecule has 2 heterocycles. The molecule has 1 atom stereocenters. The second-order valence-corrected chi connectivity index (χ2v) is 7.77. The first-order valence-corrected chi connectivity index (χ1v) is 9.85. The van der Waals surface area contributed by atoms with Crippen molar-refractivity contribution in [2.24, 2.45) is 0 Å². The molecule has 5 heteroatoms. The van der Waals surface area contributed by atoms with Gasteiger partial charge in [0.1, 0.15) is 23.0 Å². The van der Waals surface area contributed by atoms with Crippen LogP contribution in [0.1, 0.15) is 64.9 Å². The van der Waals surface area contributed by atoms with Crippen LogP contribution < -0.4 is 10.4 Å². The number of carbonyl (C=O) groups excluding carboxylic acids is 1. The van der Waals surface area contributed by atoms with E-state index in [1.165, 1.54) is 18.9 Å². The molecule has 0 saturated carbocycles. The third-order valence-electron chi connectivity index (χ3n) is 5.15. The third-order valence-corrected chi connectivity index (χ3v) is 5.15. The second kappa shape index (κ2) is 8.15. The molecule has 0 bridgehead atoms. The number of hydrogen-bond donors (Lipinski definition) is 0. The fourth-order valence-electron chi connectivity index (χ4n) is 3.52. The summed E-state index contributed by atoms with van der Waals surface area (Å²) in [5, 5.41) is 0.831. The molecule has 0 amide bonds. The summed E-state index contributed by atoms with van der Waals surface area (Å²) >= 11 is 0. The van der Waals surface area contributed by atoms with E-state index in [1.807, 2.05) is 26.0 Å². The van der Waals surface area contributed by atoms with Crippen molar-refractivity contribution in [1.29, 1.82) is 0 Å². The molecule has 0 fully saturated rings. The molecule has 0 saturated heterocycles. The number of benzene rings is 1. The van der Waals surface area contributed by atoms with Crippen LogP contribution in [0.4, 0.5) is 0 Å². The first-order chi connectivity index (χ1) is 12.9. The molecule has 1 aliphatic heterocycles. The van der Waals surface area contributed by atoms with Gasteiger partial charge in [0.05, 0.1) is 0 Å². The molecule has 1 aliphatic rings. The molecule has 5 nitrogen and oxygen atoms in total. The van der Waals surface area contributed by atoms with Gasteiger partial charge < -0.3 is 13.9 Å². The van der Waals surface area contributed by atoms with Crippen LogP contribution in [0.15, 0.2) is 33.5 Å². The molecular formula is C22H28O5. The SMILES string of the molecule is CCCCCCCC(=O)O[C@@H]1Cc2c(ccc3ccc(=O)oc23)OC1(C)C. The summed E-state index contributed by atoms with van der Waals surface area (Å²) in [6.07, 6.45) is 5.90. The van der Waals surface area contributed by atoms with Crippen molar-refractivity contribution in [3.63, 3.8) is 0 Å². The maximum absolute atomic E-state index is 12.3. The number of carbonyl (C=O) groups is 1. The van der Waals surface area contributed by atoms with Crippen LogP contribution in [0.2, 0.25) is 0 Å². The van der Waals surface area contributed by atoms with Gasteiger partial charge in [-0.15, -0.1) is 0 Å². The Kier molecular flexibility index (Phi) is 5.88. The van der Waals surface area contributed by atoms with E-state index >= 15 is 0 Å². The molecular weight excluding hydrogens is 344 g/mol. The van der Waals surface area contributed by atoms with Gasteiger partial charge in [0.15, 0.2) is 0 Å². The van der Waals surface area contributed by atoms with Crippen LogP contribution in [0, 0.1) is 0 Å². The maximum Gasteiger partial charge on any atom is 0.336 e. The summed E-state index contributed by atoms with van der Waals surface area (Å²) in [5.74, 6) is 0.479. The summed E-state index contributed by atoms with van der Waals surface area (Å²) in [6, 6.07) is 6.89. The van der Waals surface area contributed by atoms with Gasteiger partial charge in [-0.3, -0.25) is 4.79 Å². The van der Waals surface area contributed by atoms with Crippen molar-refractivity contribution < 1.29 is 18.7 Å². The molecule has 27 heavy (non-hydrogen) atoms. The topological polar surface area (TPSA) is 65.7 Å². The minimum absolute atomic E-state index is 0.196. The van der Waals surface area contributed by atoms with E-state index < -0.39 is 17.3 Å². The Morgan fingerprint density at radius 2 is 1.89 bits per heavy atom. The molecule has 0 spiro atoms. The van der Waals surface area contributed by atoms with Gasteiger partial charge in [-0.2, -0.15) is 0 Å².